The van der Waals surface area contributed by atoms with Gasteiger partial charge in [0.05, 0.1) is 12.3 Å². The van der Waals surface area contributed by atoms with Gasteiger partial charge in [-0.3, -0.25) is 4.79 Å². The molecule has 1 heterocycles. The van der Waals surface area contributed by atoms with Crippen LogP contribution < -0.4 is 5.32 Å². The first kappa shape index (κ1) is 12.9. The molecule has 1 aromatic rings. The second kappa shape index (κ2) is 5.37. The molecule has 1 saturated heterocycles. The lowest BCUT2D eigenvalue weighted by Gasteiger charge is -2.29. The molecule has 0 saturated carbocycles. The van der Waals surface area contributed by atoms with Gasteiger partial charge in [-0.25, -0.2) is 0 Å². The number of nitrogens with one attached hydrogen (secondary N) is 1. The smallest absolute Gasteiger partial charge is 0.254 e. The second-order valence-corrected chi connectivity index (χ2v) is 4.58. The third-order valence-electron chi connectivity index (χ3n) is 3.06. The molecular formula is C13H18N2O3. The summed E-state index contributed by atoms with van der Waals surface area (Å²) in [5.74, 6) is -0.113. The summed E-state index contributed by atoms with van der Waals surface area (Å²) >= 11 is 0. The van der Waals surface area contributed by atoms with E-state index in [1.807, 2.05) is 11.9 Å². The van der Waals surface area contributed by atoms with Gasteiger partial charge in [0.1, 0.15) is 11.9 Å². The number of rotatable bonds is 2. The molecule has 0 unspecified atom stereocenters. The highest BCUT2D eigenvalue weighted by molar-refractivity contribution is 5.95. The average Bonchev–Trinajstić information content (AvgIpc) is 2.35. The standard InChI is InChI=1S/C13H18N2O3/c1-9-4-3-5-10(12(9)16)14-13(17)11-8-15(2)6-7-18-11/h3-5,11,16H,6-8H2,1-2H3,(H,14,17)/t11-/m1/s1. The van der Waals surface area contributed by atoms with Crippen molar-refractivity contribution >= 4 is 11.6 Å². The molecule has 0 spiro atoms. The van der Waals surface area contributed by atoms with Gasteiger partial charge in [-0.1, -0.05) is 12.1 Å². The summed E-state index contributed by atoms with van der Waals surface area (Å²) < 4.78 is 5.42. The van der Waals surface area contributed by atoms with Gasteiger partial charge in [0.2, 0.25) is 0 Å². The number of carbonyl (C=O) groups is 1. The van der Waals surface area contributed by atoms with Gasteiger partial charge < -0.3 is 20.1 Å². The number of nitrogens with zero attached hydrogens (tertiary/aromatic N) is 1. The van der Waals surface area contributed by atoms with E-state index < -0.39 is 6.10 Å². The van der Waals surface area contributed by atoms with Crippen molar-refractivity contribution in [2.75, 3.05) is 32.1 Å². The topological polar surface area (TPSA) is 61.8 Å². The third kappa shape index (κ3) is 2.80. The van der Waals surface area contributed by atoms with Crippen LogP contribution in [0.15, 0.2) is 18.2 Å². The maximum Gasteiger partial charge on any atom is 0.254 e. The first-order valence-electron chi connectivity index (χ1n) is 5.97. The van der Waals surface area contributed by atoms with Crippen LogP contribution >= 0.6 is 0 Å². The number of hydrogen-bond acceptors (Lipinski definition) is 4. The zero-order chi connectivity index (χ0) is 13.1. The first-order valence-corrected chi connectivity index (χ1v) is 5.97. The van der Waals surface area contributed by atoms with E-state index in [0.717, 1.165) is 12.1 Å². The molecule has 0 bridgehead atoms. The highest BCUT2D eigenvalue weighted by Gasteiger charge is 2.25. The summed E-state index contributed by atoms with van der Waals surface area (Å²) in [4.78, 5) is 14.0. The van der Waals surface area contributed by atoms with Crippen molar-refractivity contribution in [2.24, 2.45) is 0 Å². The lowest BCUT2D eigenvalue weighted by Crippen LogP contribution is -2.46. The minimum Gasteiger partial charge on any atom is -0.505 e. The van der Waals surface area contributed by atoms with E-state index in [4.69, 9.17) is 4.74 Å². The summed E-state index contributed by atoms with van der Waals surface area (Å²) in [6.45, 7) is 3.74. The largest absolute Gasteiger partial charge is 0.505 e. The highest BCUT2D eigenvalue weighted by atomic mass is 16.5. The molecule has 0 aromatic heterocycles. The van der Waals surface area contributed by atoms with E-state index in [1.165, 1.54) is 0 Å². The number of para-hydroxylation sites is 1. The van der Waals surface area contributed by atoms with Gasteiger partial charge in [0, 0.05) is 13.1 Å². The Kier molecular flexibility index (Phi) is 3.84. The number of phenolic OH excluding ortho intramolecular Hbond substituents is 1. The normalized spacial score (nSPS) is 20.7. The molecule has 1 aliphatic heterocycles. The van der Waals surface area contributed by atoms with Crippen LogP contribution in [0.2, 0.25) is 0 Å². The van der Waals surface area contributed by atoms with E-state index in [-0.39, 0.29) is 11.7 Å². The lowest BCUT2D eigenvalue weighted by molar-refractivity contribution is -0.132. The van der Waals surface area contributed by atoms with E-state index in [0.29, 0.717) is 18.8 Å². The Morgan fingerprint density at radius 1 is 1.56 bits per heavy atom. The minimum absolute atomic E-state index is 0.106. The molecule has 2 rings (SSSR count). The van der Waals surface area contributed by atoms with Crippen molar-refractivity contribution in [3.05, 3.63) is 23.8 Å². The lowest BCUT2D eigenvalue weighted by atomic mass is 10.2. The summed E-state index contributed by atoms with van der Waals surface area (Å²) in [7, 11) is 1.95. The minimum atomic E-state index is -0.483. The number of amides is 1. The van der Waals surface area contributed by atoms with Crippen molar-refractivity contribution in [2.45, 2.75) is 13.0 Å². The number of likely N-dealkylation sites (N-methyl/N-ethyl adjacent to an activating group) is 1. The fourth-order valence-corrected chi connectivity index (χ4v) is 1.91. The molecule has 1 amide bonds. The summed E-state index contributed by atoms with van der Waals surface area (Å²) in [5, 5.41) is 12.5. The molecule has 1 aliphatic rings. The number of phenols is 1. The van der Waals surface area contributed by atoms with Gasteiger partial charge in [-0.2, -0.15) is 0 Å². The summed E-state index contributed by atoms with van der Waals surface area (Å²) in [5.41, 5.74) is 1.16. The predicted octanol–water partition coefficient (Wildman–Crippen LogP) is 0.970. The number of hydrogen-bond donors (Lipinski definition) is 2. The van der Waals surface area contributed by atoms with Crippen LogP contribution in [0.25, 0.3) is 0 Å². The highest BCUT2D eigenvalue weighted by Crippen LogP contribution is 2.26. The van der Waals surface area contributed by atoms with Crippen molar-refractivity contribution in [3.8, 4) is 5.75 Å². The van der Waals surface area contributed by atoms with Gasteiger partial charge in [-0.05, 0) is 25.6 Å². The molecular weight excluding hydrogens is 232 g/mol. The molecule has 18 heavy (non-hydrogen) atoms. The molecule has 1 atom stereocenters. The van der Waals surface area contributed by atoms with E-state index in [1.54, 1.807) is 25.1 Å². The Bertz CT molecular complexity index is 448. The fraction of sp³-hybridized carbons (Fsp3) is 0.462. The van der Waals surface area contributed by atoms with E-state index >= 15 is 0 Å². The average molecular weight is 250 g/mol. The Balaban J connectivity index is 2.04. The Hall–Kier alpha value is -1.59. The zero-order valence-electron chi connectivity index (χ0n) is 10.6. The summed E-state index contributed by atoms with van der Waals surface area (Å²) in [6, 6.07) is 5.25. The quantitative estimate of drug-likeness (QED) is 0.768. The number of morpholine rings is 1. The number of aromatic hydroxyl groups is 1. The molecule has 2 N–H and O–H groups in total. The summed E-state index contributed by atoms with van der Waals surface area (Å²) in [6.07, 6.45) is -0.483. The number of benzene rings is 1. The van der Waals surface area contributed by atoms with E-state index in [9.17, 15) is 9.90 Å². The van der Waals surface area contributed by atoms with Crippen molar-refractivity contribution in [3.63, 3.8) is 0 Å². The van der Waals surface area contributed by atoms with Crippen molar-refractivity contribution in [1.29, 1.82) is 0 Å². The molecule has 0 aliphatic carbocycles. The van der Waals surface area contributed by atoms with Crippen LogP contribution in [0.4, 0.5) is 5.69 Å². The molecule has 0 radical (unpaired) electrons. The number of aryl methyl sites for hydroxylation is 1. The fourth-order valence-electron chi connectivity index (χ4n) is 1.91. The maximum atomic E-state index is 12.0. The van der Waals surface area contributed by atoms with Crippen LogP contribution in [-0.2, 0) is 9.53 Å². The zero-order valence-corrected chi connectivity index (χ0v) is 10.6. The Morgan fingerprint density at radius 3 is 3.06 bits per heavy atom. The Labute approximate surface area is 106 Å². The first-order chi connectivity index (χ1) is 8.58. The SMILES string of the molecule is Cc1cccc(NC(=O)[C@H]2CN(C)CCO2)c1O. The van der Waals surface area contributed by atoms with E-state index in [2.05, 4.69) is 5.32 Å². The van der Waals surface area contributed by atoms with Crippen LogP contribution in [0.5, 0.6) is 5.75 Å². The van der Waals surface area contributed by atoms with Crippen molar-refractivity contribution in [1.82, 2.24) is 4.90 Å². The molecule has 5 heteroatoms. The number of anilines is 1. The third-order valence-corrected chi connectivity index (χ3v) is 3.06. The molecule has 5 nitrogen and oxygen atoms in total. The monoisotopic (exact) mass is 250 g/mol. The van der Waals surface area contributed by atoms with Crippen LogP contribution in [0.3, 0.4) is 0 Å². The van der Waals surface area contributed by atoms with Gasteiger partial charge in [-0.15, -0.1) is 0 Å². The van der Waals surface area contributed by atoms with Crippen LogP contribution in [0.1, 0.15) is 5.56 Å². The predicted molar refractivity (Wildman–Crippen MR) is 68.7 cm³/mol. The number of ether oxygens (including phenoxy) is 1. The van der Waals surface area contributed by atoms with Gasteiger partial charge in [0.25, 0.3) is 5.91 Å². The maximum absolute atomic E-state index is 12.0. The van der Waals surface area contributed by atoms with Crippen molar-refractivity contribution < 1.29 is 14.6 Å². The van der Waals surface area contributed by atoms with Crippen LogP contribution in [0, 0.1) is 6.92 Å². The second-order valence-electron chi connectivity index (χ2n) is 4.58. The Morgan fingerprint density at radius 2 is 2.33 bits per heavy atom. The molecule has 98 valence electrons. The molecule has 1 fully saturated rings. The van der Waals surface area contributed by atoms with Gasteiger partial charge >= 0.3 is 0 Å². The number of carbonyl (C=O) groups excluding carboxylic acids is 1. The molecule has 1 aromatic carbocycles. The van der Waals surface area contributed by atoms with Crippen LogP contribution in [-0.4, -0.2) is 48.8 Å². The van der Waals surface area contributed by atoms with Gasteiger partial charge in [0.15, 0.2) is 0 Å².